The summed E-state index contributed by atoms with van der Waals surface area (Å²) in [6.07, 6.45) is 6.22. The second-order valence-electron chi connectivity index (χ2n) is 3.83. The van der Waals surface area contributed by atoms with Gasteiger partial charge in [-0.05, 0) is 12.0 Å². The maximum absolute atomic E-state index is 8.97. The predicted octanol–water partition coefficient (Wildman–Crippen LogP) is 1.13. The second-order valence-corrected chi connectivity index (χ2v) is 3.83. The molecular formula is C12H14N4O. The Balaban J connectivity index is 2.13. The molecule has 88 valence electrons. The molecule has 0 fully saturated rings. The Morgan fingerprint density at radius 2 is 2.29 bits per heavy atom. The van der Waals surface area contributed by atoms with Gasteiger partial charge in [-0.1, -0.05) is 6.08 Å². The molecule has 0 radical (unpaired) electrons. The van der Waals surface area contributed by atoms with Crippen molar-refractivity contribution in [2.75, 3.05) is 31.7 Å². The average Bonchev–Trinajstić information content (AvgIpc) is 2.40. The van der Waals surface area contributed by atoms with E-state index in [2.05, 4.69) is 27.0 Å². The highest BCUT2D eigenvalue weighted by atomic mass is 16.5. The van der Waals surface area contributed by atoms with Crippen molar-refractivity contribution >= 4 is 5.82 Å². The highest BCUT2D eigenvalue weighted by Gasteiger charge is 2.16. The summed E-state index contributed by atoms with van der Waals surface area (Å²) in [6, 6.07) is 2.07. The Morgan fingerprint density at radius 3 is 2.94 bits per heavy atom. The Morgan fingerprint density at radius 1 is 1.47 bits per heavy atom. The smallest absolute Gasteiger partial charge is 0.183 e. The summed E-state index contributed by atoms with van der Waals surface area (Å²) in [5.41, 5.74) is 1.68. The summed E-state index contributed by atoms with van der Waals surface area (Å²) < 4.78 is 5.10. The summed E-state index contributed by atoms with van der Waals surface area (Å²) in [4.78, 5) is 10.3. The molecule has 0 N–H and O–H groups in total. The van der Waals surface area contributed by atoms with Crippen LogP contribution in [-0.2, 0) is 4.74 Å². The maximum atomic E-state index is 8.97. The lowest BCUT2D eigenvalue weighted by molar-refractivity contribution is 0.222. The Labute approximate surface area is 100 Å². The molecule has 0 saturated heterocycles. The molecule has 5 heteroatoms. The van der Waals surface area contributed by atoms with E-state index in [0.29, 0.717) is 18.1 Å². The molecule has 2 heterocycles. The van der Waals surface area contributed by atoms with Crippen LogP contribution in [0.2, 0.25) is 0 Å². The number of aromatic nitrogens is 2. The van der Waals surface area contributed by atoms with Crippen LogP contribution in [0.15, 0.2) is 24.0 Å². The Hall–Kier alpha value is -1.93. The van der Waals surface area contributed by atoms with Gasteiger partial charge in [0.2, 0.25) is 0 Å². The van der Waals surface area contributed by atoms with E-state index in [0.717, 1.165) is 19.5 Å². The molecule has 0 saturated carbocycles. The zero-order valence-electron chi connectivity index (χ0n) is 9.76. The zero-order chi connectivity index (χ0) is 12.1. The predicted molar refractivity (Wildman–Crippen MR) is 63.5 cm³/mol. The third kappa shape index (κ3) is 2.60. The van der Waals surface area contributed by atoms with Gasteiger partial charge in [-0.2, -0.15) is 5.26 Å². The minimum absolute atomic E-state index is 0.385. The molecule has 1 aliphatic rings. The van der Waals surface area contributed by atoms with Crippen molar-refractivity contribution < 1.29 is 4.74 Å². The summed E-state index contributed by atoms with van der Waals surface area (Å²) in [6.45, 7) is 2.29. The van der Waals surface area contributed by atoms with E-state index >= 15 is 0 Å². The molecule has 1 aromatic heterocycles. The van der Waals surface area contributed by atoms with Crippen LogP contribution >= 0.6 is 0 Å². The van der Waals surface area contributed by atoms with E-state index in [1.165, 1.54) is 11.8 Å². The van der Waals surface area contributed by atoms with Crippen molar-refractivity contribution in [2.24, 2.45) is 0 Å². The van der Waals surface area contributed by atoms with Crippen molar-refractivity contribution in [1.82, 2.24) is 9.97 Å². The number of nitriles is 1. The van der Waals surface area contributed by atoms with Crippen LogP contribution in [0.4, 0.5) is 5.82 Å². The lowest BCUT2D eigenvalue weighted by Gasteiger charge is -2.27. The third-order valence-electron chi connectivity index (χ3n) is 2.72. The summed E-state index contributed by atoms with van der Waals surface area (Å²) in [5, 5.41) is 8.97. The third-order valence-corrected chi connectivity index (χ3v) is 2.72. The first-order valence-corrected chi connectivity index (χ1v) is 5.48. The molecule has 2 rings (SSSR count). The Kier molecular flexibility index (Phi) is 3.68. The van der Waals surface area contributed by atoms with E-state index in [-0.39, 0.29) is 0 Å². The quantitative estimate of drug-likeness (QED) is 0.728. The monoisotopic (exact) mass is 230 g/mol. The molecule has 0 aromatic carbocycles. The Bertz CT molecular complexity index is 464. The van der Waals surface area contributed by atoms with Crippen LogP contribution in [-0.4, -0.2) is 36.8 Å². The minimum Gasteiger partial charge on any atom is -0.380 e. The van der Waals surface area contributed by atoms with Crippen LogP contribution in [0.25, 0.3) is 0 Å². The first kappa shape index (κ1) is 11.6. The van der Waals surface area contributed by atoms with E-state index in [4.69, 9.17) is 10.00 Å². The van der Waals surface area contributed by atoms with Crippen molar-refractivity contribution in [3.8, 4) is 6.07 Å². The number of hydrogen-bond acceptors (Lipinski definition) is 5. The van der Waals surface area contributed by atoms with Gasteiger partial charge in [-0.15, -0.1) is 0 Å². The number of anilines is 1. The molecule has 17 heavy (non-hydrogen) atoms. The normalized spacial score (nSPS) is 15.3. The van der Waals surface area contributed by atoms with Gasteiger partial charge in [0.15, 0.2) is 11.5 Å². The van der Waals surface area contributed by atoms with Crippen LogP contribution in [0.1, 0.15) is 12.1 Å². The highest BCUT2D eigenvalue weighted by Crippen LogP contribution is 2.19. The summed E-state index contributed by atoms with van der Waals surface area (Å²) in [5.74, 6) is 0.669. The van der Waals surface area contributed by atoms with Gasteiger partial charge in [0.05, 0.1) is 6.61 Å². The van der Waals surface area contributed by atoms with E-state index < -0.39 is 0 Å². The first-order chi connectivity index (χ1) is 8.35. The SMILES string of the molecule is COCC1=CCN(c2nccnc2C#N)CC1. The van der Waals surface area contributed by atoms with Crippen molar-refractivity contribution in [1.29, 1.82) is 5.26 Å². The van der Waals surface area contributed by atoms with Gasteiger partial charge in [-0.3, -0.25) is 0 Å². The molecule has 0 bridgehead atoms. The van der Waals surface area contributed by atoms with Crippen molar-refractivity contribution in [3.63, 3.8) is 0 Å². The molecule has 0 amide bonds. The standard InChI is InChI=1S/C12H14N4O/c1-17-9-10-2-6-16(7-3-10)12-11(8-13)14-4-5-15-12/h2,4-5H,3,6-7,9H2,1H3. The number of ether oxygens (including phenoxy) is 1. The first-order valence-electron chi connectivity index (χ1n) is 5.48. The molecule has 0 unspecified atom stereocenters. The lowest BCUT2D eigenvalue weighted by Crippen LogP contribution is -2.30. The number of nitrogens with zero attached hydrogens (tertiary/aromatic N) is 4. The zero-order valence-corrected chi connectivity index (χ0v) is 9.76. The molecule has 0 aliphatic carbocycles. The van der Waals surface area contributed by atoms with Crippen LogP contribution in [0.3, 0.4) is 0 Å². The van der Waals surface area contributed by atoms with Crippen LogP contribution in [0, 0.1) is 11.3 Å². The van der Waals surface area contributed by atoms with Gasteiger partial charge in [0.1, 0.15) is 6.07 Å². The second kappa shape index (κ2) is 5.41. The minimum atomic E-state index is 0.385. The topological polar surface area (TPSA) is 62.0 Å². The van der Waals surface area contributed by atoms with E-state index in [1.807, 2.05) is 0 Å². The molecule has 1 aromatic rings. The fourth-order valence-corrected chi connectivity index (χ4v) is 1.86. The number of hydrogen-bond donors (Lipinski definition) is 0. The van der Waals surface area contributed by atoms with Gasteiger partial charge < -0.3 is 9.64 Å². The average molecular weight is 230 g/mol. The van der Waals surface area contributed by atoms with Gasteiger partial charge >= 0.3 is 0 Å². The van der Waals surface area contributed by atoms with Crippen molar-refractivity contribution in [3.05, 3.63) is 29.7 Å². The molecule has 0 atom stereocenters. The molecular weight excluding hydrogens is 216 g/mol. The van der Waals surface area contributed by atoms with E-state index in [9.17, 15) is 0 Å². The van der Waals surface area contributed by atoms with E-state index in [1.54, 1.807) is 13.3 Å². The van der Waals surface area contributed by atoms with Crippen LogP contribution in [0.5, 0.6) is 0 Å². The lowest BCUT2D eigenvalue weighted by atomic mass is 10.1. The summed E-state index contributed by atoms with van der Waals surface area (Å²) in [7, 11) is 1.70. The van der Waals surface area contributed by atoms with Crippen LogP contribution < -0.4 is 4.90 Å². The molecule has 5 nitrogen and oxygen atoms in total. The number of rotatable bonds is 3. The number of methoxy groups -OCH3 is 1. The molecule has 0 spiro atoms. The largest absolute Gasteiger partial charge is 0.380 e. The maximum Gasteiger partial charge on any atom is 0.183 e. The van der Waals surface area contributed by atoms with Gasteiger partial charge in [0, 0.05) is 32.6 Å². The fourth-order valence-electron chi connectivity index (χ4n) is 1.86. The summed E-state index contributed by atoms with van der Waals surface area (Å²) >= 11 is 0. The van der Waals surface area contributed by atoms with Crippen molar-refractivity contribution in [2.45, 2.75) is 6.42 Å². The van der Waals surface area contributed by atoms with Gasteiger partial charge in [0.25, 0.3) is 0 Å². The van der Waals surface area contributed by atoms with Gasteiger partial charge in [-0.25, -0.2) is 9.97 Å². The fraction of sp³-hybridized carbons (Fsp3) is 0.417. The molecule has 1 aliphatic heterocycles. The highest BCUT2D eigenvalue weighted by molar-refractivity contribution is 5.50.